The molecule has 10 heteroatoms. The lowest BCUT2D eigenvalue weighted by Gasteiger charge is -2.22. The predicted octanol–water partition coefficient (Wildman–Crippen LogP) is 6.47. The van der Waals surface area contributed by atoms with Gasteiger partial charge in [-0.05, 0) is 35.4 Å². The second-order valence-electron chi connectivity index (χ2n) is 7.49. The van der Waals surface area contributed by atoms with E-state index in [9.17, 15) is 10.1 Å². The van der Waals surface area contributed by atoms with Gasteiger partial charge in [0.05, 0.1) is 30.4 Å². The standard InChI is InChI=1S/C26H23Cl3N4O3/c1-35-24(36-2)16-31-26(34)33(32-15-17-6-4-3-5-7-17)20-12-22(28)25(23(29)13-20)21(14-30)18-8-10-19(27)11-9-18/h3-13,15,21,24H,16H2,1-2H3,(H,31,34)/b32-15+. The molecule has 0 fully saturated rings. The van der Waals surface area contributed by atoms with Gasteiger partial charge in [-0.2, -0.15) is 15.4 Å². The Morgan fingerprint density at radius 3 is 2.22 bits per heavy atom. The number of carbonyl (C=O) groups is 1. The third-order valence-corrected chi connectivity index (χ3v) is 6.07. The van der Waals surface area contributed by atoms with Crippen LogP contribution in [-0.2, 0) is 9.47 Å². The zero-order valence-electron chi connectivity index (χ0n) is 19.5. The molecule has 0 aliphatic rings. The van der Waals surface area contributed by atoms with E-state index in [4.69, 9.17) is 44.3 Å². The lowest BCUT2D eigenvalue weighted by molar-refractivity contribution is -0.0970. The molecule has 3 aromatic carbocycles. The Morgan fingerprint density at radius 1 is 1.06 bits per heavy atom. The fourth-order valence-electron chi connectivity index (χ4n) is 3.34. The molecule has 0 aliphatic carbocycles. The summed E-state index contributed by atoms with van der Waals surface area (Å²) < 4.78 is 10.3. The van der Waals surface area contributed by atoms with Crippen LogP contribution in [0.2, 0.25) is 15.1 Å². The second-order valence-corrected chi connectivity index (χ2v) is 8.74. The number of anilines is 1. The van der Waals surface area contributed by atoms with E-state index in [0.29, 0.717) is 21.8 Å². The highest BCUT2D eigenvalue weighted by Crippen LogP contribution is 2.39. The van der Waals surface area contributed by atoms with Gasteiger partial charge < -0.3 is 14.8 Å². The smallest absolute Gasteiger partial charge is 0.342 e. The van der Waals surface area contributed by atoms with E-state index >= 15 is 0 Å². The molecule has 0 saturated heterocycles. The fourth-order valence-corrected chi connectivity index (χ4v) is 4.16. The van der Waals surface area contributed by atoms with Gasteiger partial charge in [-0.25, -0.2) is 4.79 Å². The maximum absolute atomic E-state index is 13.1. The van der Waals surface area contributed by atoms with Crippen molar-refractivity contribution in [1.82, 2.24) is 5.32 Å². The van der Waals surface area contributed by atoms with Gasteiger partial charge >= 0.3 is 6.03 Å². The number of nitrogens with one attached hydrogen (secondary N) is 1. The van der Waals surface area contributed by atoms with Crippen molar-refractivity contribution in [2.24, 2.45) is 5.10 Å². The number of carbonyl (C=O) groups excluding carboxylic acids is 1. The van der Waals surface area contributed by atoms with E-state index < -0.39 is 18.2 Å². The number of hydrogen-bond donors (Lipinski definition) is 1. The highest BCUT2D eigenvalue weighted by Gasteiger charge is 2.24. The van der Waals surface area contributed by atoms with Crippen molar-refractivity contribution in [3.63, 3.8) is 0 Å². The Kier molecular flexibility index (Phi) is 10.1. The first-order valence-electron chi connectivity index (χ1n) is 10.7. The van der Waals surface area contributed by atoms with Crippen molar-refractivity contribution >= 4 is 52.7 Å². The minimum atomic E-state index is -0.740. The summed E-state index contributed by atoms with van der Waals surface area (Å²) >= 11 is 19.2. The van der Waals surface area contributed by atoms with Crippen molar-refractivity contribution < 1.29 is 14.3 Å². The molecule has 7 nitrogen and oxygen atoms in total. The molecule has 186 valence electrons. The van der Waals surface area contributed by atoms with Crippen LogP contribution in [-0.4, -0.2) is 39.3 Å². The molecule has 0 spiro atoms. The van der Waals surface area contributed by atoms with Crippen LogP contribution in [0.4, 0.5) is 10.5 Å². The predicted molar refractivity (Wildman–Crippen MR) is 143 cm³/mol. The molecular weight excluding hydrogens is 523 g/mol. The molecule has 0 heterocycles. The molecule has 0 saturated carbocycles. The average molecular weight is 546 g/mol. The zero-order chi connectivity index (χ0) is 26.1. The van der Waals surface area contributed by atoms with E-state index in [0.717, 1.165) is 10.6 Å². The van der Waals surface area contributed by atoms with Gasteiger partial charge in [0.15, 0.2) is 6.29 Å². The molecule has 0 bridgehead atoms. The van der Waals surface area contributed by atoms with Crippen molar-refractivity contribution in [1.29, 1.82) is 5.26 Å². The Hall–Kier alpha value is -3.12. The van der Waals surface area contributed by atoms with Crippen LogP contribution >= 0.6 is 34.8 Å². The molecule has 3 rings (SSSR count). The van der Waals surface area contributed by atoms with Gasteiger partial charge in [-0.15, -0.1) is 0 Å². The second kappa shape index (κ2) is 13.3. The number of amides is 2. The molecule has 1 unspecified atom stereocenters. The Balaban J connectivity index is 1.98. The third-order valence-electron chi connectivity index (χ3n) is 5.19. The molecule has 1 N–H and O–H groups in total. The number of urea groups is 1. The van der Waals surface area contributed by atoms with E-state index in [1.165, 1.54) is 32.6 Å². The number of halogens is 3. The zero-order valence-corrected chi connectivity index (χ0v) is 21.8. The summed E-state index contributed by atoms with van der Waals surface area (Å²) in [5.41, 5.74) is 2.18. The number of methoxy groups -OCH3 is 2. The van der Waals surface area contributed by atoms with Crippen LogP contribution in [0.3, 0.4) is 0 Å². The first-order chi connectivity index (χ1) is 17.4. The maximum atomic E-state index is 13.1. The number of hydrazone groups is 1. The van der Waals surface area contributed by atoms with E-state index in [1.807, 2.05) is 30.3 Å². The first-order valence-corrected chi connectivity index (χ1v) is 11.9. The molecule has 36 heavy (non-hydrogen) atoms. The summed E-state index contributed by atoms with van der Waals surface area (Å²) in [6.07, 6.45) is 0.893. The van der Waals surface area contributed by atoms with Gasteiger partial charge in [-0.1, -0.05) is 77.3 Å². The first kappa shape index (κ1) is 27.5. The number of ether oxygens (including phenoxy) is 2. The van der Waals surface area contributed by atoms with Gasteiger partial charge in [0.2, 0.25) is 0 Å². The number of nitrogens with zero attached hydrogens (tertiary/aromatic N) is 3. The van der Waals surface area contributed by atoms with Gasteiger partial charge in [0.25, 0.3) is 0 Å². The monoisotopic (exact) mass is 544 g/mol. The van der Waals surface area contributed by atoms with Crippen LogP contribution in [0.5, 0.6) is 0 Å². The van der Waals surface area contributed by atoms with E-state index in [1.54, 1.807) is 24.3 Å². The molecule has 0 radical (unpaired) electrons. The quantitative estimate of drug-likeness (QED) is 0.190. The van der Waals surface area contributed by atoms with Gasteiger partial charge in [0.1, 0.15) is 0 Å². The summed E-state index contributed by atoms with van der Waals surface area (Å²) in [4.78, 5) is 13.1. The SMILES string of the molecule is COC(CNC(=O)N(/N=C/c1ccccc1)c1cc(Cl)c(C(C#N)c2ccc(Cl)cc2)c(Cl)c1)OC. The Morgan fingerprint density at radius 2 is 1.67 bits per heavy atom. The van der Waals surface area contributed by atoms with Crippen LogP contribution in [0.25, 0.3) is 0 Å². The van der Waals surface area contributed by atoms with Crippen LogP contribution in [0, 0.1) is 11.3 Å². The minimum Gasteiger partial charge on any atom is -0.354 e. The molecular formula is C26H23Cl3N4O3. The lowest BCUT2D eigenvalue weighted by Crippen LogP contribution is -2.41. The van der Waals surface area contributed by atoms with E-state index in [2.05, 4.69) is 16.5 Å². The van der Waals surface area contributed by atoms with E-state index in [-0.39, 0.29) is 16.6 Å². The summed E-state index contributed by atoms with van der Waals surface area (Å²) in [5.74, 6) is -0.740. The summed E-state index contributed by atoms with van der Waals surface area (Å²) in [6.45, 7) is 0.0792. The molecule has 2 amide bonds. The number of nitriles is 1. The average Bonchev–Trinajstić information content (AvgIpc) is 2.88. The molecule has 3 aromatic rings. The normalized spacial score (nSPS) is 11.9. The largest absolute Gasteiger partial charge is 0.354 e. The third kappa shape index (κ3) is 6.97. The lowest BCUT2D eigenvalue weighted by atomic mass is 9.92. The fraction of sp³-hybridized carbons (Fsp3) is 0.192. The summed E-state index contributed by atoms with van der Waals surface area (Å²) in [6, 6.07) is 20.9. The molecule has 0 aliphatic heterocycles. The van der Waals surface area contributed by atoms with Crippen molar-refractivity contribution in [2.75, 3.05) is 25.8 Å². The molecule has 1 atom stereocenters. The van der Waals surface area contributed by atoms with Crippen molar-refractivity contribution in [2.45, 2.75) is 12.2 Å². The highest BCUT2D eigenvalue weighted by molar-refractivity contribution is 6.37. The summed E-state index contributed by atoms with van der Waals surface area (Å²) in [7, 11) is 2.94. The Bertz CT molecular complexity index is 1220. The van der Waals surface area contributed by atoms with Gasteiger partial charge in [-0.3, -0.25) is 0 Å². The highest BCUT2D eigenvalue weighted by atomic mass is 35.5. The summed E-state index contributed by atoms with van der Waals surface area (Å²) in [5, 5.41) is 19.0. The van der Waals surface area contributed by atoms with Crippen LogP contribution in [0.1, 0.15) is 22.6 Å². The minimum absolute atomic E-state index is 0.0792. The van der Waals surface area contributed by atoms with Crippen molar-refractivity contribution in [3.8, 4) is 6.07 Å². The van der Waals surface area contributed by atoms with Crippen LogP contribution < -0.4 is 10.3 Å². The van der Waals surface area contributed by atoms with Gasteiger partial charge in [0, 0.05) is 34.9 Å². The number of rotatable bonds is 9. The number of hydrogen-bond acceptors (Lipinski definition) is 5. The van der Waals surface area contributed by atoms with Crippen LogP contribution in [0.15, 0.2) is 71.8 Å². The number of benzene rings is 3. The molecule has 0 aromatic heterocycles. The Labute approximate surface area is 224 Å². The maximum Gasteiger partial charge on any atom is 0.342 e. The topological polar surface area (TPSA) is 87.0 Å². The van der Waals surface area contributed by atoms with Crippen molar-refractivity contribution in [3.05, 3.63) is 98.5 Å².